The minimum atomic E-state index is 0.284. The maximum Gasteiger partial charge on any atom is 0.0314 e. The Hall–Kier alpha value is -0.0800. The van der Waals surface area contributed by atoms with E-state index in [2.05, 4.69) is 37.9 Å². The minimum absolute atomic E-state index is 0.284. The molecule has 1 atom stereocenters. The Morgan fingerprint density at radius 3 is 2.38 bits per heavy atom. The van der Waals surface area contributed by atoms with Gasteiger partial charge < -0.3 is 5.32 Å². The van der Waals surface area contributed by atoms with Crippen LogP contribution in [-0.4, -0.2) is 35.1 Å². The molecule has 0 aromatic rings. The molecular formula is C14H28N2. The Balaban J connectivity index is 2.12. The van der Waals surface area contributed by atoms with Crippen LogP contribution in [0, 0.1) is 0 Å². The van der Waals surface area contributed by atoms with Crippen LogP contribution in [0.5, 0.6) is 0 Å². The van der Waals surface area contributed by atoms with E-state index in [1.807, 2.05) is 0 Å². The summed E-state index contributed by atoms with van der Waals surface area (Å²) in [6, 6.07) is 0.735. The molecule has 0 aromatic carbocycles. The van der Waals surface area contributed by atoms with Crippen molar-refractivity contribution in [2.24, 2.45) is 0 Å². The standard InChI is InChI=1S/C14H28N2/c1-5-12(2)16-10-13(3,4)15-14(11-16)8-6-7-9-14/h12,15H,5-11H2,1-4H3. The predicted molar refractivity (Wildman–Crippen MR) is 69.7 cm³/mol. The molecule has 0 bridgehead atoms. The van der Waals surface area contributed by atoms with Crippen molar-refractivity contribution in [2.45, 2.75) is 76.9 Å². The fourth-order valence-electron chi connectivity index (χ4n) is 3.65. The van der Waals surface area contributed by atoms with Gasteiger partial charge in [0.15, 0.2) is 0 Å². The van der Waals surface area contributed by atoms with Crippen molar-refractivity contribution >= 4 is 0 Å². The van der Waals surface area contributed by atoms with E-state index in [1.54, 1.807) is 0 Å². The molecule has 1 aliphatic carbocycles. The zero-order chi connectivity index (χ0) is 11.8. The average Bonchev–Trinajstić information content (AvgIpc) is 2.62. The summed E-state index contributed by atoms with van der Waals surface area (Å²) in [6.45, 7) is 11.9. The zero-order valence-corrected chi connectivity index (χ0v) is 11.5. The molecule has 94 valence electrons. The number of piperazine rings is 1. The van der Waals surface area contributed by atoms with Gasteiger partial charge in [0.25, 0.3) is 0 Å². The van der Waals surface area contributed by atoms with Crippen LogP contribution < -0.4 is 5.32 Å². The summed E-state index contributed by atoms with van der Waals surface area (Å²) < 4.78 is 0. The van der Waals surface area contributed by atoms with Gasteiger partial charge >= 0.3 is 0 Å². The maximum atomic E-state index is 3.94. The first-order valence-electron chi connectivity index (χ1n) is 7.00. The molecule has 16 heavy (non-hydrogen) atoms. The highest BCUT2D eigenvalue weighted by Gasteiger charge is 2.44. The second-order valence-corrected chi connectivity index (χ2v) is 6.66. The molecule has 1 saturated heterocycles. The van der Waals surface area contributed by atoms with Gasteiger partial charge in [-0.15, -0.1) is 0 Å². The summed E-state index contributed by atoms with van der Waals surface area (Å²) >= 11 is 0. The molecule has 2 fully saturated rings. The Labute approximate surface area is 101 Å². The van der Waals surface area contributed by atoms with Crippen LogP contribution in [0.4, 0.5) is 0 Å². The van der Waals surface area contributed by atoms with Crippen molar-refractivity contribution in [3.63, 3.8) is 0 Å². The summed E-state index contributed by atoms with van der Waals surface area (Å²) in [5, 5.41) is 3.94. The molecule has 1 unspecified atom stereocenters. The summed E-state index contributed by atoms with van der Waals surface area (Å²) in [7, 11) is 0. The molecule has 1 spiro atoms. The Morgan fingerprint density at radius 2 is 1.81 bits per heavy atom. The molecule has 1 saturated carbocycles. The van der Waals surface area contributed by atoms with Gasteiger partial charge in [0.1, 0.15) is 0 Å². The Bertz CT molecular complexity index is 241. The molecular weight excluding hydrogens is 196 g/mol. The lowest BCUT2D eigenvalue weighted by Gasteiger charge is -2.51. The van der Waals surface area contributed by atoms with E-state index < -0.39 is 0 Å². The maximum absolute atomic E-state index is 3.94. The van der Waals surface area contributed by atoms with Crippen LogP contribution in [0.2, 0.25) is 0 Å². The molecule has 0 aromatic heterocycles. The molecule has 2 nitrogen and oxygen atoms in total. The third-order valence-corrected chi connectivity index (χ3v) is 4.48. The second kappa shape index (κ2) is 4.30. The Kier molecular flexibility index (Phi) is 3.33. The van der Waals surface area contributed by atoms with E-state index in [-0.39, 0.29) is 5.54 Å². The lowest BCUT2D eigenvalue weighted by atomic mass is 9.86. The van der Waals surface area contributed by atoms with Gasteiger partial charge in [0, 0.05) is 30.2 Å². The van der Waals surface area contributed by atoms with E-state index >= 15 is 0 Å². The molecule has 1 heterocycles. The van der Waals surface area contributed by atoms with Crippen LogP contribution in [-0.2, 0) is 0 Å². The van der Waals surface area contributed by atoms with Crippen LogP contribution in [0.15, 0.2) is 0 Å². The molecule has 2 heteroatoms. The van der Waals surface area contributed by atoms with Gasteiger partial charge in [-0.25, -0.2) is 0 Å². The van der Waals surface area contributed by atoms with Gasteiger partial charge in [-0.05, 0) is 40.0 Å². The van der Waals surface area contributed by atoms with E-state index in [1.165, 1.54) is 45.2 Å². The van der Waals surface area contributed by atoms with Crippen molar-refractivity contribution in [3.05, 3.63) is 0 Å². The molecule has 1 N–H and O–H groups in total. The minimum Gasteiger partial charge on any atom is -0.304 e. The van der Waals surface area contributed by atoms with Crippen molar-refractivity contribution in [2.75, 3.05) is 13.1 Å². The number of nitrogens with one attached hydrogen (secondary N) is 1. The number of hydrogen-bond acceptors (Lipinski definition) is 2. The smallest absolute Gasteiger partial charge is 0.0314 e. The third kappa shape index (κ3) is 2.43. The van der Waals surface area contributed by atoms with Crippen molar-refractivity contribution in [3.8, 4) is 0 Å². The highest BCUT2D eigenvalue weighted by molar-refractivity contribution is 5.05. The summed E-state index contributed by atoms with van der Waals surface area (Å²) in [5.74, 6) is 0. The van der Waals surface area contributed by atoms with Gasteiger partial charge in [-0.2, -0.15) is 0 Å². The highest BCUT2D eigenvalue weighted by atomic mass is 15.3. The number of hydrogen-bond donors (Lipinski definition) is 1. The van der Waals surface area contributed by atoms with E-state index in [9.17, 15) is 0 Å². The molecule has 2 rings (SSSR count). The predicted octanol–water partition coefficient (Wildman–Crippen LogP) is 2.78. The van der Waals surface area contributed by atoms with Crippen molar-refractivity contribution in [1.29, 1.82) is 0 Å². The number of rotatable bonds is 2. The SMILES string of the molecule is CCC(C)N1CC(C)(C)NC2(CCCC2)C1. The second-order valence-electron chi connectivity index (χ2n) is 6.66. The van der Waals surface area contributed by atoms with Crippen LogP contribution >= 0.6 is 0 Å². The van der Waals surface area contributed by atoms with Crippen LogP contribution in [0.25, 0.3) is 0 Å². The van der Waals surface area contributed by atoms with E-state index in [0.717, 1.165) is 6.04 Å². The lowest BCUT2D eigenvalue weighted by molar-refractivity contribution is 0.0366. The monoisotopic (exact) mass is 224 g/mol. The number of nitrogens with zero attached hydrogens (tertiary/aromatic N) is 1. The molecule has 0 amide bonds. The van der Waals surface area contributed by atoms with Crippen LogP contribution in [0.3, 0.4) is 0 Å². The van der Waals surface area contributed by atoms with Crippen molar-refractivity contribution in [1.82, 2.24) is 10.2 Å². The molecule has 2 aliphatic rings. The fraction of sp³-hybridized carbons (Fsp3) is 1.00. The quantitative estimate of drug-likeness (QED) is 0.776. The summed E-state index contributed by atoms with van der Waals surface area (Å²) in [6.07, 6.45) is 6.85. The van der Waals surface area contributed by atoms with E-state index in [0.29, 0.717) is 5.54 Å². The van der Waals surface area contributed by atoms with E-state index in [4.69, 9.17) is 0 Å². The van der Waals surface area contributed by atoms with Gasteiger partial charge in [0.2, 0.25) is 0 Å². The first-order chi connectivity index (χ1) is 7.46. The first kappa shape index (κ1) is 12.4. The average molecular weight is 224 g/mol. The van der Waals surface area contributed by atoms with Crippen molar-refractivity contribution < 1.29 is 0 Å². The largest absolute Gasteiger partial charge is 0.304 e. The fourth-order valence-corrected chi connectivity index (χ4v) is 3.65. The summed E-state index contributed by atoms with van der Waals surface area (Å²) in [4.78, 5) is 2.71. The topological polar surface area (TPSA) is 15.3 Å². The lowest BCUT2D eigenvalue weighted by Crippen LogP contribution is -2.69. The molecule has 0 radical (unpaired) electrons. The van der Waals surface area contributed by atoms with Gasteiger partial charge in [0.05, 0.1) is 0 Å². The van der Waals surface area contributed by atoms with Gasteiger partial charge in [-0.3, -0.25) is 4.90 Å². The third-order valence-electron chi connectivity index (χ3n) is 4.48. The first-order valence-corrected chi connectivity index (χ1v) is 7.00. The normalized spacial score (nSPS) is 30.8. The Morgan fingerprint density at radius 1 is 1.19 bits per heavy atom. The van der Waals surface area contributed by atoms with Gasteiger partial charge in [-0.1, -0.05) is 19.8 Å². The zero-order valence-electron chi connectivity index (χ0n) is 11.5. The highest BCUT2D eigenvalue weighted by Crippen LogP contribution is 2.36. The van der Waals surface area contributed by atoms with Crippen LogP contribution in [0.1, 0.15) is 59.8 Å². The molecule has 1 aliphatic heterocycles. The summed E-state index contributed by atoms with van der Waals surface area (Å²) in [5.41, 5.74) is 0.719.